The Balaban J connectivity index is 2.73. The van der Waals surface area contributed by atoms with Crippen molar-refractivity contribution in [2.75, 3.05) is 6.61 Å². The second-order valence-electron chi connectivity index (χ2n) is 3.16. The lowest BCUT2D eigenvalue weighted by Gasteiger charge is -2.07. The van der Waals surface area contributed by atoms with Crippen molar-refractivity contribution in [3.8, 4) is 11.8 Å². The number of nitrogens with zero attached hydrogens (tertiary/aromatic N) is 1. The maximum absolute atomic E-state index is 13.3. The van der Waals surface area contributed by atoms with Crippen molar-refractivity contribution in [3.05, 3.63) is 42.0 Å². The van der Waals surface area contributed by atoms with Gasteiger partial charge in [0.15, 0.2) is 17.4 Å². The molecule has 1 aromatic carbocycles. The van der Waals surface area contributed by atoms with Gasteiger partial charge in [0.25, 0.3) is 0 Å². The Hall–Kier alpha value is -1.89. The summed E-state index contributed by atoms with van der Waals surface area (Å²) in [6.45, 7) is 3.74. The van der Waals surface area contributed by atoms with Gasteiger partial charge in [0.2, 0.25) is 0 Å². The summed E-state index contributed by atoms with van der Waals surface area (Å²) in [6, 6.07) is 3.56. The zero-order valence-electron chi connectivity index (χ0n) is 8.67. The third-order valence-electron chi connectivity index (χ3n) is 1.93. The highest BCUT2D eigenvalue weighted by Gasteiger charge is 2.12. The van der Waals surface area contributed by atoms with E-state index in [4.69, 9.17) is 10.00 Å². The Kier molecular flexibility index (Phi) is 4.46. The second kappa shape index (κ2) is 5.86. The van der Waals surface area contributed by atoms with Gasteiger partial charge in [-0.05, 0) is 25.0 Å². The number of rotatable bonds is 5. The third-order valence-corrected chi connectivity index (χ3v) is 1.93. The minimum Gasteiger partial charge on any atom is -0.488 e. The van der Waals surface area contributed by atoms with Crippen LogP contribution in [0.2, 0.25) is 0 Å². The Morgan fingerprint density at radius 1 is 1.38 bits per heavy atom. The average Bonchev–Trinajstić information content (AvgIpc) is 2.26. The summed E-state index contributed by atoms with van der Waals surface area (Å²) in [7, 11) is 0. The fourth-order valence-electron chi connectivity index (χ4n) is 1.16. The number of allylic oxidation sites excluding steroid dienone is 1. The molecule has 0 saturated carbocycles. The smallest absolute Gasteiger partial charge is 0.190 e. The fraction of sp³-hybridized carbons (Fsp3) is 0.250. The first kappa shape index (κ1) is 12.2. The number of unbranched alkanes of at least 4 members (excludes halogenated alkanes) is 1. The van der Waals surface area contributed by atoms with Gasteiger partial charge in [-0.1, -0.05) is 6.08 Å². The molecule has 0 spiro atoms. The van der Waals surface area contributed by atoms with E-state index in [1.165, 1.54) is 0 Å². The zero-order valence-corrected chi connectivity index (χ0v) is 8.67. The Labute approximate surface area is 92.8 Å². The summed E-state index contributed by atoms with van der Waals surface area (Å²) in [5.74, 6) is -2.13. The quantitative estimate of drug-likeness (QED) is 0.567. The maximum Gasteiger partial charge on any atom is 0.190 e. The van der Waals surface area contributed by atoms with Gasteiger partial charge in [-0.15, -0.1) is 6.58 Å². The van der Waals surface area contributed by atoms with E-state index in [1.807, 2.05) is 0 Å². The summed E-state index contributed by atoms with van der Waals surface area (Å²) in [6.07, 6.45) is 3.07. The van der Waals surface area contributed by atoms with E-state index in [0.717, 1.165) is 18.6 Å². The Morgan fingerprint density at radius 3 is 2.50 bits per heavy atom. The van der Waals surface area contributed by atoms with Gasteiger partial charge in [0.1, 0.15) is 0 Å². The number of halogens is 2. The molecular weight excluding hydrogens is 212 g/mol. The van der Waals surface area contributed by atoms with Crippen LogP contribution < -0.4 is 4.74 Å². The van der Waals surface area contributed by atoms with E-state index in [-0.39, 0.29) is 12.2 Å². The fourth-order valence-corrected chi connectivity index (χ4v) is 1.16. The number of ether oxygens (including phenoxy) is 1. The molecular formula is C12H11F2NO. The molecule has 0 aromatic heterocycles. The van der Waals surface area contributed by atoms with Gasteiger partial charge < -0.3 is 4.74 Å². The van der Waals surface area contributed by atoms with E-state index >= 15 is 0 Å². The molecule has 1 aromatic rings. The normalized spacial score (nSPS) is 9.56. The molecule has 0 aliphatic heterocycles. The number of nitriles is 1. The Bertz CT molecular complexity index is 401. The van der Waals surface area contributed by atoms with Gasteiger partial charge >= 0.3 is 0 Å². The van der Waals surface area contributed by atoms with Gasteiger partial charge in [-0.25, -0.2) is 8.78 Å². The lowest BCUT2D eigenvalue weighted by Crippen LogP contribution is -2.01. The molecule has 0 amide bonds. The van der Waals surface area contributed by atoms with Crippen LogP contribution in [0.25, 0.3) is 0 Å². The van der Waals surface area contributed by atoms with Gasteiger partial charge in [0, 0.05) is 0 Å². The second-order valence-corrected chi connectivity index (χ2v) is 3.16. The van der Waals surface area contributed by atoms with Crippen molar-refractivity contribution in [3.63, 3.8) is 0 Å². The molecule has 0 saturated heterocycles. The topological polar surface area (TPSA) is 33.0 Å². The van der Waals surface area contributed by atoms with E-state index < -0.39 is 17.4 Å². The molecule has 0 aliphatic carbocycles. The molecule has 0 unspecified atom stereocenters. The number of hydrogen-bond acceptors (Lipinski definition) is 2. The summed E-state index contributed by atoms with van der Waals surface area (Å²) in [5.41, 5.74) is -0.0616. The predicted octanol–water partition coefficient (Wildman–Crippen LogP) is 3.18. The lowest BCUT2D eigenvalue weighted by molar-refractivity contribution is 0.280. The first-order valence-corrected chi connectivity index (χ1v) is 4.82. The van der Waals surface area contributed by atoms with Crippen molar-refractivity contribution in [2.45, 2.75) is 12.8 Å². The van der Waals surface area contributed by atoms with E-state index in [9.17, 15) is 8.78 Å². The molecule has 0 atom stereocenters. The number of benzene rings is 1. The van der Waals surface area contributed by atoms with Crippen molar-refractivity contribution < 1.29 is 13.5 Å². The van der Waals surface area contributed by atoms with Crippen LogP contribution in [0.5, 0.6) is 5.75 Å². The number of hydrogen-bond donors (Lipinski definition) is 0. The molecule has 4 heteroatoms. The lowest BCUT2D eigenvalue weighted by atomic mass is 10.2. The SMILES string of the molecule is C=CCCCOc1c(F)cc(C#N)cc1F. The van der Waals surface area contributed by atoms with Crippen LogP contribution >= 0.6 is 0 Å². The molecule has 0 N–H and O–H groups in total. The van der Waals surface area contributed by atoms with Crippen LogP contribution in [0.15, 0.2) is 24.8 Å². The average molecular weight is 223 g/mol. The monoisotopic (exact) mass is 223 g/mol. The first-order chi connectivity index (χ1) is 7.69. The summed E-state index contributed by atoms with van der Waals surface area (Å²) < 4.78 is 31.5. The molecule has 0 radical (unpaired) electrons. The highest BCUT2D eigenvalue weighted by molar-refractivity contribution is 5.37. The molecule has 0 aliphatic rings. The molecule has 0 heterocycles. The van der Waals surface area contributed by atoms with Crippen LogP contribution in [0.3, 0.4) is 0 Å². The molecule has 1 rings (SSSR count). The largest absolute Gasteiger partial charge is 0.488 e. The molecule has 0 fully saturated rings. The van der Waals surface area contributed by atoms with Crippen LogP contribution in [-0.2, 0) is 0 Å². The van der Waals surface area contributed by atoms with E-state index in [1.54, 1.807) is 12.1 Å². The van der Waals surface area contributed by atoms with Crippen molar-refractivity contribution >= 4 is 0 Å². The van der Waals surface area contributed by atoms with Gasteiger partial charge in [-0.3, -0.25) is 0 Å². The minimum absolute atomic E-state index is 0.0616. The molecule has 0 bridgehead atoms. The van der Waals surface area contributed by atoms with Gasteiger partial charge in [-0.2, -0.15) is 5.26 Å². The maximum atomic E-state index is 13.3. The van der Waals surface area contributed by atoms with Gasteiger partial charge in [0.05, 0.1) is 18.2 Å². The first-order valence-electron chi connectivity index (χ1n) is 4.82. The molecule has 84 valence electrons. The highest BCUT2D eigenvalue weighted by atomic mass is 19.1. The Morgan fingerprint density at radius 2 is 2.00 bits per heavy atom. The van der Waals surface area contributed by atoms with Crippen molar-refractivity contribution in [2.24, 2.45) is 0 Å². The summed E-state index contributed by atoms with van der Waals surface area (Å²) in [5, 5.41) is 8.49. The van der Waals surface area contributed by atoms with Crippen LogP contribution in [0.1, 0.15) is 18.4 Å². The molecule has 16 heavy (non-hydrogen) atoms. The van der Waals surface area contributed by atoms with Crippen molar-refractivity contribution in [1.82, 2.24) is 0 Å². The predicted molar refractivity (Wildman–Crippen MR) is 56.0 cm³/mol. The zero-order chi connectivity index (χ0) is 12.0. The van der Waals surface area contributed by atoms with Crippen LogP contribution in [0.4, 0.5) is 8.78 Å². The van der Waals surface area contributed by atoms with Crippen LogP contribution in [-0.4, -0.2) is 6.61 Å². The van der Waals surface area contributed by atoms with E-state index in [0.29, 0.717) is 6.42 Å². The summed E-state index contributed by atoms with van der Waals surface area (Å²) >= 11 is 0. The summed E-state index contributed by atoms with van der Waals surface area (Å²) in [4.78, 5) is 0. The third kappa shape index (κ3) is 3.06. The molecule has 2 nitrogen and oxygen atoms in total. The van der Waals surface area contributed by atoms with E-state index in [2.05, 4.69) is 6.58 Å². The standard InChI is InChI=1S/C12H11F2NO/c1-2-3-4-5-16-12-10(13)6-9(8-15)7-11(12)14/h2,6-7H,1,3-5H2. The highest BCUT2D eigenvalue weighted by Crippen LogP contribution is 2.23. The minimum atomic E-state index is -0.852. The van der Waals surface area contributed by atoms with Crippen LogP contribution in [0, 0.1) is 23.0 Å². The van der Waals surface area contributed by atoms with Crippen molar-refractivity contribution in [1.29, 1.82) is 5.26 Å².